The van der Waals surface area contributed by atoms with Crippen molar-refractivity contribution in [1.29, 1.82) is 5.26 Å². The predicted octanol–water partition coefficient (Wildman–Crippen LogP) is 6.06. The van der Waals surface area contributed by atoms with E-state index in [1.807, 2.05) is 56.3 Å². The van der Waals surface area contributed by atoms with E-state index in [9.17, 15) is 10.1 Å². The third-order valence-corrected chi connectivity index (χ3v) is 5.16. The van der Waals surface area contributed by atoms with E-state index in [2.05, 4.69) is 43.4 Å². The first-order chi connectivity index (χ1) is 14.4. The minimum atomic E-state index is -0.401. The molecule has 0 bridgehead atoms. The zero-order valence-electron chi connectivity index (χ0n) is 17.9. The van der Waals surface area contributed by atoms with Gasteiger partial charge in [0.2, 0.25) is 0 Å². The second-order valence-corrected chi connectivity index (χ2v) is 7.79. The Balaban J connectivity index is 1.87. The zero-order chi connectivity index (χ0) is 21.7. The third-order valence-electron chi connectivity index (χ3n) is 5.16. The molecular weight excluding hydrogens is 368 g/mol. The number of nitrogens with zero attached hydrogens (tertiary/aromatic N) is 1. The van der Waals surface area contributed by atoms with Crippen molar-refractivity contribution in [3.8, 4) is 6.07 Å². The van der Waals surface area contributed by atoms with Crippen LogP contribution in [0.15, 0.2) is 66.2 Å². The molecule has 0 radical (unpaired) electrons. The molecule has 0 fully saturated rings. The first-order valence-corrected chi connectivity index (χ1v) is 10.0. The van der Waals surface area contributed by atoms with Crippen molar-refractivity contribution >= 4 is 17.7 Å². The Morgan fingerprint density at radius 2 is 1.63 bits per heavy atom. The molecule has 1 N–H and O–H groups in total. The number of carbonyl (C=O) groups excluding carboxylic acids is 1. The molecule has 150 valence electrons. The van der Waals surface area contributed by atoms with Gasteiger partial charge >= 0.3 is 0 Å². The number of carbonyl (C=O) groups is 1. The molecule has 0 saturated heterocycles. The fraction of sp³-hybridized carbons (Fsp3) is 0.185. The fourth-order valence-corrected chi connectivity index (χ4v) is 3.55. The molecule has 3 rings (SSSR count). The lowest BCUT2D eigenvalue weighted by Crippen LogP contribution is -2.13. The summed E-state index contributed by atoms with van der Waals surface area (Å²) < 4.78 is 0. The summed E-state index contributed by atoms with van der Waals surface area (Å²) in [5.41, 5.74) is 8.64. The summed E-state index contributed by atoms with van der Waals surface area (Å²) >= 11 is 0. The topological polar surface area (TPSA) is 52.9 Å². The van der Waals surface area contributed by atoms with Crippen LogP contribution in [0.1, 0.15) is 38.9 Å². The zero-order valence-corrected chi connectivity index (χ0v) is 17.9. The van der Waals surface area contributed by atoms with Gasteiger partial charge in [0.05, 0.1) is 0 Å². The predicted molar refractivity (Wildman–Crippen MR) is 123 cm³/mol. The standard InChI is InChI=1S/C27H26N2O/c1-18-11-19(2)13-22(12-18)15-23-7-5-6-8-24(23)16-25(17-28)27(30)29-26-10-9-20(3)21(4)14-26/h5-14,16H,15H2,1-4H3,(H,29,30)/b25-16+. The average Bonchev–Trinajstić information content (AvgIpc) is 2.69. The van der Waals surface area contributed by atoms with Crippen LogP contribution in [0.3, 0.4) is 0 Å². The van der Waals surface area contributed by atoms with E-state index in [1.54, 1.807) is 6.08 Å². The molecule has 0 unspecified atom stereocenters. The Morgan fingerprint density at radius 3 is 2.30 bits per heavy atom. The molecule has 3 heteroatoms. The first-order valence-electron chi connectivity index (χ1n) is 10.0. The van der Waals surface area contributed by atoms with Gasteiger partial charge in [-0.15, -0.1) is 0 Å². The highest BCUT2D eigenvalue weighted by Gasteiger charge is 2.12. The Labute approximate surface area is 178 Å². The minimum absolute atomic E-state index is 0.0844. The highest BCUT2D eigenvalue weighted by atomic mass is 16.1. The summed E-state index contributed by atoms with van der Waals surface area (Å²) in [5, 5.41) is 12.4. The lowest BCUT2D eigenvalue weighted by atomic mass is 9.96. The van der Waals surface area contributed by atoms with Gasteiger partial charge in [0.15, 0.2) is 0 Å². The summed E-state index contributed by atoms with van der Waals surface area (Å²) in [6, 6.07) is 22.2. The smallest absolute Gasteiger partial charge is 0.266 e. The molecule has 3 nitrogen and oxygen atoms in total. The maximum atomic E-state index is 12.7. The molecular formula is C27H26N2O. The Morgan fingerprint density at radius 1 is 0.933 bits per heavy atom. The summed E-state index contributed by atoms with van der Waals surface area (Å²) in [7, 11) is 0. The number of amides is 1. The summed E-state index contributed by atoms with van der Waals surface area (Å²) in [4.78, 5) is 12.7. The second-order valence-electron chi connectivity index (χ2n) is 7.79. The molecule has 0 aliphatic carbocycles. The highest BCUT2D eigenvalue weighted by molar-refractivity contribution is 6.09. The lowest BCUT2D eigenvalue weighted by Gasteiger charge is -2.10. The van der Waals surface area contributed by atoms with E-state index < -0.39 is 5.91 Å². The number of nitriles is 1. The monoisotopic (exact) mass is 394 g/mol. The lowest BCUT2D eigenvalue weighted by molar-refractivity contribution is -0.112. The van der Waals surface area contributed by atoms with Gasteiger partial charge in [0, 0.05) is 5.69 Å². The number of hydrogen-bond donors (Lipinski definition) is 1. The van der Waals surface area contributed by atoms with E-state index in [1.165, 1.54) is 16.7 Å². The molecule has 0 heterocycles. The van der Waals surface area contributed by atoms with Crippen LogP contribution in [0.5, 0.6) is 0 Å². The maximum Gasteiger partial charge on any atom is 0.266 e. The van der Waals surface area contributed by atoms with Gasteiger partial charge in [0.1, 0.15) is 11.6 Å². The Kier molecular flexibility index (Phi) is 6.49. The minimum Gasteiger partial charge on any atom is -0.321 e. The van der Waals surface area contributed by atoms with Crippen molar-refractivity contribution in [3.63, 3.8) is 0 Å². The van der Waals surface area contributed by atoms with Gasteiger partial charge in [-0.2, -0.15) is 5.26 Å². The number of anilines is 1. The Hall–Kier alpha value is -3.64. The number of benzene rings is 3. The van der Waals surface area contributed by atoms with Crippen molar-refractivity contribution in [1.82, 2.24) is 0 Å². The van der Waals surface area contributed by atoms with Gasteiger partial charge in [-0.1, -0.05) is 59.7 Å². The molecule has 0 aliphatic rings. The van der Waals surface area contributed by atoms with Gasteiger partial charge < -0.3 is 5.32 Å². The van der Waals surface area contributed by atoms with Crippen LogP contribution in [0.4, 0.5) is 5.69 Å². The van der Waals surface area contributed by atoms with Crippen LogP contribution >= 0.6 is 0 Å². The number of aryl methyl sites for hydroxylation is 4. The third kappa shape index (κ3) is 5.24. The molecule has 30 heavy (non-hydrogen) atoms. The largest absolute Gasteiger partial charge is 0.321 e. The molecule has 3 aromatic rings. The summed E-state index contributed by atoms with van der Waals surface area (Å²) in [5.74, 6) is -0.401. The van der Waals surface area contributed by atoms with Gasteiger partial charge in [0.25, 0.3) is 5.91 Å². The number of nitrogens with one attached hydrogen (secondary N) is 1. The van der Waals surface area contributed by atoms with Gasteiger partial charge in [-0.25, -0.2) is 0 Å². The maximum absolute atomic E-state index is 12.7. The van der Waals surface area contributed by atoms with Gasteiger partial charge in [-0.05, 0) is 80.1 Å². The van der Waals surface area contributed by atoms with Crippen LogP contribution in [0.25, 0.3) is 6.08 Å². The number of rotatable bonds is 5. The van der Waals surface area contributed by atoms with Crippen molar-refractivity contribution in [2.45, 2.75) is 34.1 Å². The molecule has 0 aromatic heterocycles. The van der Waals surface area contributed by atoms with E-state index in [-0.39, 0.29) is 5.57 Å². The second kappa shape index (κ2) is 9.24. The summed E-state index contributed by atoms with van der Waals surface area (Å²) in [6.07, 6.45) is 2.42. The Bertz CT molecular complexity index is 1150. The van der Waals surface area contributed by atoms with E-state index >= 15 is 0 Å². The fourth-order valence-electron chi connectivity index (χ4n) is 3.55. The highest BCUT2D eigenvalue weighted by Crippen LogP contribution is 2.20. The normalized spacial score (nSPS) is 11.1. The molecule has 3 aromatic carbocycles. The molecule has 0 spiro atoms. The molecule has 1 amide bonds. The number of hydrogen-bond acceptors (Lipinski definition) is 2. The summed E-state index contributed by atoms with van der Waals surface area (Å²) in [6.45, 7) is 8.20. The van der Waals surface area contributed by atoms with Crippen LogP contribution in [0.2, 0.25) is 0 Å². The van der Waals surface area contributed by atoms with Crippen molar-refractivity contribution in [2.75, 3.05) is 5.32 Å². The van der Waals surface area contributed by atoms with Crippen molar-refractivity contribution in [2.24, 2.45) is 0 Å². The first kappa shape index (κ1) is 21.1. The van der Waals surface area contributed by atoms with Crippen molar-refractivity contribution < 1.29 is 4.79 Å². The average molecular weight is 395 g/mol. The molecule has 0 aliphatic heterocycles. The van der Waals surface area contributed by atoms with Crippen LogP contribution in [-0.2, 0) is 11.2 Å². The van der Waals surface area contributed by atoms with Crippen molar-refractivity contribution in [3.05, 3.63) is 105 Å². The van der Waals surface area contributed by atoms with Crippen LogP contribution < -0.4 is 5.32 Å². The van der Waals surface area contributed by atoms with E-state index in [4.69, 9.17) is 0 Å². The van der Waals surface area contributed by atoms with Crippen LogP contribution in [0, 0.1) is 39.0 Å². The quantitative estimate of drug-likeness (QED) is 0.423. The van der Waals surface area contributed by atoms with Gasteiger partial charge in [-0.3, -0.25) is 4.79 Å². The SMILES string of the molecule is Cc1cc(C)cc(Cc2ccccc2/C=C(\C#N)C(=O)Nc2ccc(C)c(C)c2)c1. The van der Waals surface area contributed by atoms with E-state index in [0.717, 1.165) is 28.7 Å². The van der Waals surface area contributed by atoms with Crippen LogP contribution in [-0.4, -0.2) is 5.91 Å². The van der Waals surface area contributed by atoms with E-state index in [0.29, 0.717) is 5.69 Å². The molecule has 0 saturated carbocycles. The molecule has 0 atom stereocenters.